The summed E-state index contributed by atoms with van der Waals surface area (Å²) in [6.07, 6.45) is 6.67. The van der Waals surface area contributed by atoms with Crippen LogP contribution in [0.25, 0.3) is 0 Å². The maximum atomic E-state index is 5.64. The van der Waals surface area contributed by atoms with Crippen LogP contribution in [0.3, 0.4) is 0 Å². The minimum atomic E-state index is 0.624. The number of rotatable bonds is 3. The molecule has 4 heteroatoms. The zero-order chi connectivity index (χ0) is 13.4. The summed E-state index contributed by atoms with van der Waals surface area (Å²) < 4.78 is 5.64. The molecule has 106 valence electrons. The second-order valence-corrected chi connectivity index (χ2v) is 6.20. The Balaban J connectivity index is 1.56. The summed E-state index contributed by atoms with van der Waals surface area (Å²) in [5.41, 5.74) is 1.01. The molecule has 0 spiro atoms. The van der Waals surface area contributed by atoms with Gasteiger partial charge in [0.25, 0.3) is 0 Å². The molecule has 0 aromatic carbocycles. The van der Waals surface area contributed by atoms with E-state index in [0.29, 0.717) is 6.04 Å². The zero-order valence-corrected chi connectivity index (χ0v) is 12.3. The molecule has 2 aliphatic heterocycles. The van der Waals surface area contributed by atoms with Crippen molar-refractivity contribution in [2.45, 2.75) is 70.6 Å². The number of piperidine rings is 2. The molecular formula is C15H25N3O. The molecular weight excluding hydrogens is 238 g/mol. The van der Waals surface area contributed by atoms with Gasteiger partial charge in [-0.05, 0) is 46.6 Å². The zero-order valence-electron chi connectivity index (χ0n) is 12.3. The van der Waals surface area contributed by atoms with E-state index in [2.05, 4.69) is 22.2 Å². The Hall–Kier alpha value is -0.870. The van der Waals surface area contributed by atoms with Crippen molar-refractivity contribution in [2.75, 3.05) is 7.05 Å². The van der Waals surface area contributed by atoms with E-state index in [0.717, 1.165) is 36.0 Å². The normalized spacial score (nSPS) is 31.6. The van der Waals surface area contributed by atoms with Crippen molar-refractivity contribution in [3.8, 4) is 0 Å². The first-order valence-corrected chi connectivity index (χ1v) is 7.51. The topological polar surface area (TPSA) is 41.3 Å². The molecule has 2 saturated heterocycles. The molecule has 1 aromatic rings. The van der Waals surface area contributed by atoms with Gasteiger partial charge in [-0.2, -0.15) is 0 Å². The number of aromatic nitrogens is 1. The average molecular weight is 263 g/mol. The highest BCUT2D eigenvalue weighted by atomic mass is 16.4. The fourth-order valence-electron chi connectivity index (χ4n) is 3.63. The maximum absolute atomic E-state index is 5.64. The van der Waals surface area contributed by atoms with Gasteiger partial charge >= 0.3 is 0 Å². The quantitative estimate of drug-likeness (QED) is 0.909. The second kappa shape index (κ2) is 5.25. The van der Waals surface area contributed by atoms with E-state index < -0.39 is 0 Å². The molecule has 3 heterocycles. The third-order valence-electron chi connectivity index (χ3n) is 4.95. The fraction of sp³-hybridized carbons (Fsp3) is 0.800. The molecule has 2 aliphatic rings. The van der Waals surface area contributed by atoms with Gasteiger partial charge in [-0.3, -0.25) is 0 Å². The number of hydrogen-bond acceptors (Lipinski definition) is 4. The molecule has 0 saturated carbocycles. The van der Waals surface area contributed by atoms with Crippen LogP contribution in [0.15, 0.2) is 4.42 Å². The van der Waals surface area contributed by atoms with E-state index in [1.807, 2.05) is 13.8 Å². The molecule has 0 aliphatic carbocycles. The van der Waals surface area contributed by atoms with Crippen LogP contribution in [0.1, 0.15) is 49.4 Å². The number of fused-ring (bicyclic) bond motifs is 2. The lowest BCUT2D eigenvalue weighted by atomic mass is 9.82. The molecule has 0 amide bonds. The van der Waals surface area contributed by atoms with Crippen LogP contribution < -0.4 is 5.32 Å². The standard InChI is InChI=1S/C15H25N3O/c1-10-11(2)19-15(17-10)9-16-12-7-13-5-4-6-14(8-12)18(13)3/h12-14,16H,4-9H2,1-3H3. The predicted octanol–water partition coefficient (Wildman–Crippen LogP) is 2.40. The van der Waals surface area contributed by atoms with Crippen molar-refractivity contribution >= 4 is 0 Å². The van der Waals surface area contributed by atoms with Gasteiger partial charge in [0, 0.05) is 18.1 Å². The Labute approximate surface area is 115 Å². The van der Waals surface area contributed by atoms with Crippen LogP contribution in [0, 0.1) is 13.8 Å². The number of oxazole rings is 1. The Bertz CT molecular complexity index is 409. The minimum absolute atomic E-state index is 0.624. The highest BCUT2D eigenvalue weighted by Gasteiger charge is 2.35. The van der Waals surface area contributed by atoms with Crippen molar-refractivity contribution in [1.29, 1.82) is 0 Å². The van der Waals surface area contributed by atoms with Crippen LogP contribution in [0.2, 0.25) is 0 Å². The second-order valence-electron chi connectivity index (χ2n) is 6.20. The fourth-order valence-corrected chi connectivity index (χ4v) is 3.63. The molecule has 3 rings (SSSR count). The van der Waals surface area contributed by atoms with E-state index in [-0.39, 0.29) is 0 Å². The molecule has 2 bridgehead atoms. The molecule has 1 N–H and O–H groups in total. The van der Waals surface area contributed by atoms with E-state index in [4.69, 9.17) is 4.42 Å². The van der Waals surface area contributed by atoms with Gasteiger partial charge in [0.1, 0.15) is 5.76 Å². The Kier molecular flexibility index (Phi) is 3.63. The van der Waals surface area contributed by atoms with Gasteiger partial charge in [-0.15, -0.1) is 0 Å². The Morgan fingerprint density at radius 3 is 2.53 bits per heavy atom. The number of hydrogen-bond donors (Lipinski definition) is 1. The number of aryl methyl sites for hydroxylation is 2. The summed E-state index contributed by atoms with van der Waals surface area (Å²) in [6.45, 7) is 4.75. The van der Waals surface area contributed by atoms with Crippen molar-refractivity contribution in [2.24, 2.45) is 0 Å². The van der Waals surface area contributed by atoms with Crippen molar-refractivity contribution in [3.05, 3.63) is 17.3 Å². The molecule has 2 unspecified atom stereocenters. The van der Waals surface area contributed by atoms with Gasteiger partial charge in [0.2, 0.25) is 5.89 Å². The van der Waals surface area contributed by atoms with Crippen molar-refractivity contribution in [3.63, 3.8) is 0 Å². The lowest BCUT2D eigenvalue weighted by Gasteiger charge is -2.47. The first kappa shape index (κ1) is 13.1. The van der Waals surface area contributed by atoms with Crippen LogP contribution in [-0.2, 0) is 6.54 Å². The number of nitrogens with zero attached hydrogens (tertiary/aromatic N) is 2. The average Bonchev–Trinajstić information content (AvgIpc) is 2.67. The van der Waals surface area contributed by atoms with Crippen LogP contribution in [0.4, 0.5) is 0 Å². The molecule has 1 aromatic heterocycles. The summed E-state index contributed by atoms with van der Waals surface area (Å²) in [6, 6.07) is 2.18. The lowest BCUT2D eigenvalue weighted by Crippen LogP contribution is -2.54. The van der Waals surface area contributed by atoms with Crippen LogP contribution in [-0.4, -0.2) is 35.1 Å². The largest absolute Gasteiger partial charge is 0.444 e. The first-order valence-electron chi connectivity index (χ1n) is 7.51. The first-order chi connectivity index (χ1) is 9.13. The SMILES string of the molecule is Cc1nc(CNC2CC3CCCC(C2)N3C)oc1C. The van der Waals surface area contributed by atoms with Gasteiger partial charge < -0.3 is 14.6 Å². The summed E-state index contributed by atoms with van der Waals surface area (Å²) in [5.74, 6) is 1.77. The van der Waals surface area contributed by atoms with Gasteiger partial charge in [0.15, 0.2) is 0 Å². The Morgan fingerprint density at radius 2 is 1.95 bits per heavy atom. The van der Waals surface area contributed by atoms with Gasteiger partial charge in [-0.1, -0.05) is 6.42 Å². The van der Waals surface area contributed by atoms with E-state index in [9.17, 15) is 0 Å². The van der Waals surface area contributed by atoms with E-state index >= 15 is 0 Å². The monoisotopic (exact) mass is 263 g/mol. The summed E-state index contributed by atoms with van der Waals surface area (Å²) in [7, 11) is 2.30. The molecule has 2 atom stereocenters. The maximum Gasteiger partial charge on any atom is 0.208 e. The lowest BCUT2D eigenvalue weighted by molar-refractivity contribution is 0.0477. The third-order valence-corrected chi connectivity index (χ3v) is 4.95. The minimum Gasteiger partial charge on any atom is -0.444 e. The smallest absolute Gasteiger partial charge is 0.208 e. The predicted molar refractivity (Wildman–Crippen MR) is 75.0 cm³/mol. The van der Waals surface area contributed by atoms with Gasteiger partial charge in [0.05, 0.1) is 12.2 Å². The molecule has 19 heavy (non-hydrogen) atoms. The Morgan fingerprint density at radius 1 is 1.26 bits per heavy atom. The molecule has 4 nitrogen and oxygen atoms in total. The highest BCUT2D eigenvalue weighted by molar-refractivity contribution is 5.05. The van der Waals surface area contributed by atoms with Crippen LogP contribution >= 0.6 is 0 Å². The number of nitrogens with one attached hydrogen (secondary N) is 1. The third kappa shape index (κ3) is 2.70. The van der Waals surface area contributed by atoms with Crippen LogP contribution in [0.5, 0.6) is 0 Å². The molecule has 2 fully saturated rings. The van der Waals surface area contributed by atoms with Crippen molar-refractivity contribution in [1.82, 2.24) is 15.2 Å². The highest BCUT2D eigenvalue weighted by Crippen LogP contribution is 2.32. The summed E-state index contributed by atoms with van der Waals surface area (Å²) >= 11 is 0. The van der Waals surface area contributed by atoms with E-state index in [1.54, 1.807) is 0 Å². The molecule has 0 radical (unpaired) electrons. The van der Waals surface area contributed by atoms with Gasteiger partial charge in [-0.25, -0.2) is 4.98 Å². The summed E-state index contributed by atoms with van der Waals surface area (Å²) in [4.78, 5) is 7.04. The summed E-state index contributed by atoms with van der Waals surface area (Å²) in [5, 5.41) is 3.64. The van der Waals surface area contributed by atoms with E-state index in [1.165, 1.54) is 32.1 Å². The van der Waals surface area contributed by atoms with Crippen molar-refractivity contribution < 1.29 is 4.42 Å².